The number of carbonyl (C=O) groups is 2. The average Bonchev–Trinajstić information content (AvgIpc) is 3.37. The molecule has 4 aromatic rings. The molecule has 2 amide bonds. The third kappa shape index (κ3) is 4.03. The van der Waals surface area contributed by atoms with Crippen LogP contribution >= 0.6 is 0 Å². The van der Waals surface area contributed by atoms with Gasteiger partial charge in [0.25, 0.3) is 5.91 Å². The molecular weight excluding hydrogens is 452 g/mol. The number of aryl methyl sites for hydroxylation is 2. The van der Waals surface area contributed by atoms with Gasteiger partial charge in [-0.25, -0.2) is 0 Å². The Labute approximate surface area is 200 Å². The maximum Gasteiger partial charge on any atom is 0.255 e. The van der Waals surface area contributed by atoms with E-state index in [1.807, 2.05) is 32.9 Å². The van der Waals surface area contributed by atoms with E-state index in [2.05, 4.69) is 20.6 Å². The first kappa shape index (κ1) is 22.3. The van der Waals surface area contributed by atoms with E-state index < -0.39 is 5.91 Å². The van der Waals surface area contributed by atoms with Crippen LogP contribution in [-0.2, 0) is 9.59 Å². The number of hydrogen-bond acceptors (Lipinski definition) is 8. The lowest BCUT2D eigenvalue weighted by atomic mass is 9.85. The number of carbonyl (C=O) groups excluding carboxylic acids is 2. The second-order valence-electron chi connectivity index (χ2n) is 8.17. The quantitative estimate of drug-likeness (QED) is 0.409. The van der Waals surface area contributed by atoms with Crippen LogP contribution in [0.4, 0.5) is 5.82 Å². The van der Waals surface area contributed by atoms with Gasteiger partial charge in [0.15, 0.2) is 35.4 Å². The SMILES string of the molecule is CCOc1cc([C@H]2CC(=O)Nc3c2c(C)nn3-c2ccc3nnc(C)n3n2)ccc1OCC(N)=O. The Kier molecular flexibility index (Phi) is 5.55. The zero-order valence-corrected chi connectivity index (χ0v) is 19.5. The Morgan fingerprint density at radius 2 is 1.97 bits per heavy atom. The van der Waals surface area contributed by atoms with Crippen LogP contribution in [0, 0.1) is 13.8 Å². The van der Waals surface area contributed by atoms with Gasteiger partial charge in [-0.3, -0.25) is 9.59 Å². The summed E-state index contributed by atoms with van der Waals surface area (Å²) >= 11 is 0. The van der Waals surface area contributed by atoms with Crippen molar-refractivity contribution in [2.24, 2.45) is 5.73 Å². The van der Waals surface area contributed by atoms with Gasteiger partial charge in [0.2, 0.25) is 5.91 Å². The first-order chi connectivity index (χ1) is 16.9. The number of anilines is 1. The molecule has 12 heteroatoms. The van der Waals surface area contributed by atoms with Gasteiger partial charge in [-0.05, 0) is 50.6 Å². The van der Waals surface area contributed by atoms with Gasteiger partial charge in [-0.1, -0.05) is 6.07 Å². The maximum absolute atomic E-state index is 12.8. The Balaban J connectivity index is 1.58. The van der Waals surface area contributed by atoms with E-state index >= 15 is 0 Å². The van der Waals surface area contributed by atoms with Gasteiger partial charge in [-0.15, -0.1) is 15.3 Å². The van der Waals surface area contributed by atoms with Crippen molar-refractivity contribution in [2.45, 2.75) is 33.1 Å². The van der Waals surface area contributed by atoms with Gasteiger partial charge in [0.05, 0.1) is 12.3 Å². The summed E-state index contributed by atoms with van der Waals surface area (Å²) in [5.41, 5.74) is 8.34. The second-order valence-corrected chi connectivity index (χ2v) is 8.17. The standard InChI is InChI=1S/C23H24N8O4/c1-4-34-17-9-14(5-6-16(17)35-11-18(24)32)15-10-21(33)25-23-22(15)12(2)28-31(23)20-8-7-19-27-26-13(3)30(19)29-20/h5-9,15H,4,10-11H2,1-3H3,(H2,24,32)(H,25,33)/t15-/m1/s1. The fourth-order valence-corrected chi connectivity index (χ4v) is 4.27. The summed E-state index contributed by atoms with van der Waals surface area (Å²) < 4.78 is 14.5. The summed E-state index contributed by atoms with van der Waals surface area (Å²) in [6.07, 6.45) is 0.240. The summed E-state index contributed by atoms with van der Waals surface area (Å²) in [6.45, 7) is 5.71. The van der Waals surface area contributed by atoms with Gasteiger partial charge in [-0.2, -0.15) is 14.3 Å². The average molecular weight is 476 g/mol. The molecule has 0 bridgehead atoms. The van der Waals surface area contributed by atoms with E-state index in [4.69, 9.17) is 20.3 Å². The summed E-state index contributed by atoms with van der Waals surface area (Å²) in [4.78, 5) is 23.9. The lowest BCUT2D eigenvalue weighted by Gasteiger charge is -2.25. The second kappa shape index (κ2) is 8.70. The summed E-state index contributed by atoms with van der Waals surface area (Å²) in [7, 11) is 0. The number of fused-ring (bicyclic) bond motifs is 2. The molecular formula is C23H24N8O4. The third-order valence-corrected chi connectivity index (χ3v) is 5.76. The highest BCUT2D eigenvalue weighted by Crippen LogP contribution is 2.42. The minimum absolute atomic E-state index is 0.141. The Bertz CT molecular complexity index is 1460. The predicted octanol–water partition coefficient (Wildman–Crippen LogP) is 1.66. The number of primary amides is 1. The van der Waals surface area contributed by atoms with Gasteiger partial charge >= 0.3 is 0 Å². The van der Waals surface area contributed by atoms with Crippen molar-refractivity contribution in [1.29, 1.82) is 0 Å². The molecule has 4 heterocycles. The van der Waals surface area contributed by atoms with Crippen LogP contribution in [0.15, 0.2) is 30.3 Å². The van der Waals surface area contributed by atoms with Crippen LogP contribution in [0.5, 0.6) is 11.5 Å². The number of benzene rings is 1. The molecule has 180 valence electrons. The first-order valence-corrected chi connectivity index (χ1v) is 11.1. The lowest BCUT2D eigenvalue weighted by Crippen LogP contribution is -2.25. The van der Waals surface area contributed by atoms with E-state index in [1.54, 1.807) is 27.4 Å². The smallest absolute Gasteiger partial charge is 0.255 e. The molecule has 0 saturated heterocycles. The first-order valence-electron chi connectivity index (χ1n) is 11.1. The van der Waals surface area contributed by atoms with Crippen molar-refractivity contribution in [2.75, 3.05) is 18.5 Å². The third-order valence-electron chi connectivity index (χ3n) is 5.76. The molecule has 1 aliphatic rings. The molecule has 0 fully saturated rings. The molecule has 35 heavy (non-hydrogen) atoms. The van der Waals surface area contributed by atoms with E-state index in [0.29, 0.717) is 41.2 Å². The molecule has 0 saturated carbocycles. The molecule has 1 aromatic carbocycles. The van der Waals surface area contributed by atoms with Crippen LogP contribution in [0.1, 0.15) is 41.9 Å². The molecule has 0 spiro atoms. The Morgan fingerprint density at radius 3 is 2.74 bits per heavy atom. The highest BCUT2D eigenvalue weighted by molar-refractivity contribution is 5.95. The number of nitrogens with one attached hydrogen (secondary N) is 1. The zero-order valence-electron chi connectivity index (χ0n) is 19.5. The van der Waals surface area contributed by atoms with Crippen molar-refractivity contribution in [3.05, 3.63) is 53.0 Å². The van der Waals surface area contributed by atoms with E-state index in [0.717, 1.165) is 16.8 Å². The number of nitrogens with two attached hydrogens (primary N) is 1. The van der Waals surface area contributed by atoms with E-state index in [1.165, 1.54) is 0 Å². The minimum atomic E-state index is -0.582. The van der Waals surface area contributed by atoms with E-state index in [-0.39, 0.29) is 24.9 Å². The molecule has 12 nitrogen and oxygen atoms in total. The molecule has 1 aliphatic heterocycles. The van der Waals surface area contributed by atoms with Crippen LogP contribution in [-0.4, -0.2) is 54.6 Å². The normalized spacial score (nSPS) is 15.1. The molecule has 0 unspecified atom stereocenters. The highest BCUT2D eigenvalue weighted by Gasteiger charge is 2.33. The van der Waals surface area contributed by atoms with Gasteiger partial charge < -0.3 is 20.5 Å². The van der Waals surface area contributed by atoms with Gasteiger partial charge in [0.1, 0.15) is 5.82 Å². The van der Waals surface area contributed by atoms with Crippen molar-refractivity contribution in [3.63, 3.8) is 0 Å². The summed E-state index contributed by atoms with van der Waals surface area (Å²) in [5.74, 6) is 1.62. The predicted molar refractivity (Wildman–Crippen MR) is 125 cm³/mol. The Morgan fingerprint density at radius 1 is 1.14 bits per heavy atom. The van der Waals surface area contributed by atoms with Crippen molar-refractivity contribution in [3.8, 4) is 17.3 Å². The number of rotatable bonds is 7. The lowest BCUT2D eigenvalue weighted by molar-refractivity contribution is -0.120. The Hall–Kier alpha value is -4.48. The molecule has 5 rings (SSSR count). The number of ether oxygens (including phenoxy) is 2. The van der Waals surface area contributed by atoms with Crippen molar-refractivity contribution in [1.82, 2.24) is 29.6 Å². The minimum Gasteiger partial charge on any atom is -0.490 e. The monoisotopic (exact) mass is 476 g/mol. The van der Waals surface area contributed by atoms with Crippen molar-refractivity contribution >= 4 is 23.3 Å². The molecule has 1 atom stereocenters. The molecule has 3 N–H and O–H groups in total. The van der Waals surface area contributed by atoms with Crippen LogP contribution in [0.25, 0.3) is 11.5 Å². The number of amides is 2. The fraction of sp³-hybridized carbons (Fsp3) is 0.304. The number of aromatic nitrogens is 6. The highest BCUT2D eigenvalue weighted by atomic mass is 16.5. The molecule has 0 aliphatic carbocycles. The van der Waals surface area contributed by atoms with Gasteiger partial charge in [0, 0.05) is 17.9 Å². The topological polar surface area (TPSA) is 152 Å². The van der Waals surface area contributed by atoms with Crippen molar-refractivity contribution < 1.29 is 19.1 Å². The summed E-state index contributed by atoms with van der Waals surface area (Å²) in [5, 5.41) is 20.4. The van der Waals surface area contributed by atoms with Crippen LogP contribution in [0.2, 0.25) is 0 Å². The van der Waals surface area contributed by atoms with Crippen LogP contribution in [0.3, 0.4) is 0 Å². The largest absolute Gasteiger partial charge is 0.490 e. The van der Waals surface area contributed by atoms with E-state index in [9.17, 15) is 9.59 Å². The zero-order chi connectivity index (χ0) is 24.7. The maximum atomic E-state index is 12.8. The fourth-order valence-electron chi connectivity index (χ4n) is 4.27. The number of hydrogen-bond donors (Lipinski definition) is 2. The molecule has 3 aromatic heterocycles. The molecule has 0 radical (unpaired) electrons. The summed E-state index contributed by atoms with van der Waals surface area (Å²) in [6, 6.07) is 8.98. The van der Waals surface area contributed by atoms with Crippen LogP contribution < -0.4 is 20.5 Å². The number of nitrogens with zero attached hydrogens (tertiary/aromatic N) is 6.